The molecule has 0 fully saturated rings. The molecule has 1 aromatic heterocycles. The summed E-state index contributed by atoms with van der Waals surface area (Å²) in [5.41, 5.74) is 4.00. The van der Waals surface area contributed by atoms with Crippen molar-refractivity contribution in [2.45, 2.75) is 25.4 Å². The van der Waals surface area contributed by atoms with Gasteiger partial charge < -0.3 is 25.8 Å². The van der Waals surface area contributed by atoms with E-state index in [1.165, 1.54) is 0 Å². The van der Waals surface area contributed by atoms with Crippen molar-refractivity contribution in [3.05, 3.63) is 107 Å². The van der Waals surface area contributed by atoms with Crippen molar-refractivity contribution in [1.82, 2.24) is 15.6 Å². The molecule has 8 heteroatoms. The number of amides is 1. The van der Waals surface area contributed by atoms with Gasteiger partial charge in [0.05, 0.1) is 10.6 Å². The molecule has 36 heavy (non-hydrogen) atoms. The number of nitrogens with one attached hydrogen (secondary N) is 3. The van der Waals surface area contributed by atoms with Gasteiger partial charge in [-0.3, -0.25) is 4.79 Å². The van der Waals surface area contributed by atoms with Crippen LogP contribution in [0, 0.1) is 0 Å². The molecular formula is C28H26ClN3O4. The number of rotatable bonds is 9. The predicted molar refractivity (Wildman–Crippen MR) is 141 cm³/mol. The number of hydrogen-bond donors (Lipinski definition) is 5. The molecule has 0 spiro atoms. The van der Waals surface area contributed by atoms with Gasteiger partial charge in [0, 0.05) is 35.3 Å². The number of para-hydroxylation sites is 1. The van der Waals surface area contributed by atoms with Crippen molar-refractivity contribution < 1.29 is 19.8 Å². The molecule has 0 saturated carbocycles. The van der Waals surface area contributed by atoms with Crippen LogP contribution in [-0.4, -0.2) is 33.1 Å². The Morgan fingerprint density at radius 3 is 2.56 bits per heavy atom. The van der Waals surface area contributed by atoms with Crippen molar-refractivity contribution in [1.29, 1.82) is 0 Å². The van der Waals surface area contributed by atoms with Crippen LogP contribution in [0.25, 0.3) is 16.6 Å². The molecule has 4 rings (SSSR count). The van der Waals surface area contributed by atoms with E-state index in [0.717, 1.165) is 22.0 Å². The monoisotopic (exact) mass is 503 g/mol. The van der Waals surface area contributed by atoms with Crippen LogP contribution >= 0.6 is 11.6 Å². The predicted octanol–water partition coefficient (Wildman–Crippen LogP) is 5.27. The maximum Gasteiger partial charge on any atom is 0.326 e. The van der Waals surface area contributed by atoms with Gasteiger partial charge in [-0.1, -0.05) is 54.6 Å². The molecule has 184 valence electrons. The number of phenolic OH excluding ortho intramolecular Hbond substituents is 1. The SMILES string of the molecule is C=C(NC(C)c1cccc(O)c1)c1ccc(C(=O)N[C@@H](Cc2c[nH]c3ccccc23)C(=O)O)c(Cl)c1. The fourth-order valence-electron chi connectivity index (χ4n) is 4.07. The van der Waals surface area contributed by atoms with E-state index in [4.69, 9.17) is 11.6 Å². The summed E-state index contributed by atoms with van der Waals surface area (Å²) in [7, 11) is 0. The van der Waals surface area contributed by atoms with Crippen LogP contribution < -0.4 is 10.6 Å². The Bertz CT molecular complexity index is 1450. The van der Waals surface area contributed by atoms with E-state index >= 15 is 0 Å². The van der Waals surface area contributed by atoms with Gasteiger partial charge >= 0.3 is 5.97 Å². The average molecular weight is 504 g/mol. The van der Waals surface area contributed by atoms with Crippen molar-refractivity contribution in [3.8, 4) is 5.75 Å². The van der Waals surface area contributed by atoms with E-state index in [2.05, 4.69) is 22.2 Å². The minimum atomic E-state index is -1.14. The zero-order valence-electron chi connectivity index (χ0n) is 19.6. The van der Waals surface area contributed by atoms with E-state index in [1.54, 1.807) is 42.6 Å². The van der Waals surface area contributed by atoms with E-state index in [0.29, 0.717) is 11.3 Å². The van der Waals surface area contributed by atoms with Crippen molar-refractivity contribution in [2.24, 2.45) is 0 Å². The summed E-state index contributed by atoms with van der Waals surface area (Å²) < 4.78 is 0. The van der Waals surface area contributed by atoms with Crippen molar-refractivity contribution >= 4 is 40.1 Å². The van der Waals surface area contributed by atoms with Crippen LogP contribution in [0.2, 0.25) is 5.02 Å². The number of benzene rings is 3. The third-order valence-electron chi connectivity index (χ3n) is 6.03. The molecule has 1 amide bonds. The first-order chi connectivity index (χ1) is 17.2. The number of aromatic hydroxyl groups is 1. The average Bonchev–Trinajstić information content (AvgIpc) is 3.26. The summed E-state index contributed by atoms with van der Waals surface area (Å²) in [6.45, 7) is 5.99. The second-order valence-electron chi connectivity index (χ2n) is 8.56. The molecule has 1 unspecified atom stereocenters. The second kappa shape index (κ2) is 10.6. The molecular weight excluding hydrogens is 478 g/mol. The smallest absolute Gasteiger partial charge is 0.326 e. The zero-order valence-corrected chi connectivity index (χ0v) is 20.3. The highest BCUT2D eigenvalue weighted by Crippen LogP contribution is 2.25. The van der Waals surface area contributed by atoms with E-state index in [-0.39, 0.29) is 28.8 Å². The number of carbonyl (C=O) groups excluding carboxylic acids is 1. The normalized spacial score (nSPS) is 12.6. The molecule has 2 atom stereocenters. The first-order valence-corrected chi connectivity index (χ1v) is 11.7. The van der Waals surface area contributed by atoms with Gasteiger partial charge in [-0.2, -0.15) is 0 Å². The number of aromatic nitrogens is 1. The summed E-state index contributed by atoms with van der Waals surface area (Å²) in [5.74, 6) is -1.54. The molecule has 5 N–H and O–H groups in total. The maximum absolute atomic E-state index is 12.9. The molecule has 4 aromatic rings. The standard InChI is InChI=1S/C28H26ClN3O4/c1-16(18-6-5-7-21(33)12-18)31-17(2)19-10-11-23(24(29)13-19)27(34)32-26(28(35)36)14-20-15-30-25-9-4-3-8-22(20)25/h3-13,15-16,26,30-31,33H,2,14H2,1H3,(H,32,34)(H,35,36)/t16?,26-/m0/s1. The lowest BCUT2D eigenvalue weighted by Crippen LogP contribution is -2.42. The Morgan fingerprint density at radius 1 is 1.06 bits per heavy atom. The Balaban J connectivity index is 1.45. The Hall–Kier alpha value is -4.23. The molecule has 0 saturated heterocycles. The van der Waals surface area contributed by atoms with E-state index in [1.807, 2.05) is 37.3 Å². The number of hydrogen-bond acceptors (Lipinski definition) is 4. The fourth-order valence-corrected chi connectivity index (χ4v) is 4.33. The fraction of sp³-hybridized carbons (Fsp3) is 0.143. The van der Waals surface area contributed by atoms with Gasteiger partial charge in [0.25, 0.3) is 5.91 Å². The zero-order chi connectivity index (χ0) is 25.8. The van der Waals surface area contributed by atoms with Gasteiger partial charge in [-0.05, 0) is 53.9 Å². The number of carbonyl (C=O) groups is 2. The number of halogens is 1. The minimum Gasteiger partial charge on any atom is -0.508 e. The quantitative estimate of drug-likeness (QED) is 0.213. The third kappa shape index (κ3) is 5.53. The number of carboxylic acid groups (broad SMARTS) is 1. The summed E-state index contributed by atoms with van der Waals surface area (Å²) in [6, 6.07) is 18.1. The molecule has 3 aromatic carbocycles. The molecule has 0 aliphatic heterocycles. The summed E-state index contributed by atoms with van der Waals surface area (Å²) in [6.07, 6.45) is 1.87. The lowest BCUT2D eigenvalue weighted by molar-refractivity contribution is -0.139. The number of aromatic amines is 1. The first-order valence-electron chi connectivity index (χ1n) is 11.4. The third-order valence-corrected chi connectivity index (χ3v) is 6.34. The largest absolute Gasteiger partial charge is 0.508 e. The summed E-state index contributed by atoms with van der Waals surface area (Å²) in [4.78, 5) is 27.9. The molecule has 7 nitrogen and oxygen atoms in total. The number of H-pyrrole nitrogens is 1. The van der Waals surface area contributed by atoms with Gasteiger partial charge in [-0.25, -0.2) is 4.79 Å². The van der Waals surface area contributed by atoms with Gasteiger partial charge in [0.2, 0.25) is 0 Å². The van der Waals surface area contributed by atoms with Crippen LogP contribution in [0.5, 0.6) is 5.75 Å². The lowest BCUT2D eigenvalue weighted by atomic mass is 10.0. The van der Waals surface area contributed by atoms with Crippen LogP contribution in [0.15, 0.2) is 79.5 Å². The number of phenols is 1. The summed E-state index contributed by atoms with van der Waals surface area (Å²) >= 11 is 6.41. The number of fused-ring (bicyclic) bond motifs is 1. The topological polar surface area (TPSA) is 114 Å². The van der Waals surface area contributed by atoms with Crippen molar-refractivity contribution in [2.75, 3.05) is 0 Å². The highest BCUT2D eigenvalue weighted by atomic mass is 35.5. The van der Waals surface area contributed by atoms with Crippen LogP contribution in [0.1, 0.15) is 40.0 Å². The van der Waals surface area contributed by atoms with Gasteiger partial charge in [0.15, 0.2) is 0 Å². The molecule has 0 radical (unpaired) electrons. The highest BCUT2D eigenvalue weighted by molar-refractivity contribution is 6.34. The maximum atomic E-state index is 12.9. The van der Waals surface area contributed by atoms with Crippen LogP contribution in [0.4, 0.5) is 0 Å². The number of carboxylic acids is 1. The Kier molecular flexibility index (Phi) is 7.31. The van der Waals surface area contributed by atoms with Gasteiger partial charge in [0.1, 0.15) is 11.8 Å². The second-order valence-corrected chi connectivity index (χ2v) is 8.97. The van der Waals surface area contributed by atoms with Crippen LogP contribution in [-0.2, 0) is 11.2 Å². The summed E-state index contributed by atoms with van der Waals surface area (Å²) in [5, 5.41) is 26.4. The first kappa shape index (κ1) is 24.9. The van der Waals surface area contributed by atoms with E-state index in [9.17, 15) is 19.8 Å². The minimum absolute atomic E-state index is 0.119. The Labute approximate surface area is 213 Å². The molecule has 0 aliphatic rings. The van der Waals surface area contributed by atoms with Crippen molar-refractivity contribution in [3.63, 3.8) is 0 Å². The number of aliphatic carboxylic acids is 1. The van der Waals surface area contributed by atoms with Gasteiger partial charge in [-0.15, -0.1) is 0 Å². The molecule has 1 heterocycles. The highest BCUT2D eigenvalue weighted by Gasteiger charge is 2.24. The molecule has 0 bridgehead atoms. The lowest BCUT2D eigenvalue weighted by Gasteiger charge is -2.19. The van der Waals surface area contributed by atoms with E-state index < -0.39 is 17.9 Å². The Morgan fingerprint density at radius 2 is 1.83 bits per heavy atom. The van der Waals surface area contributed by atoms with Crippen LogP contribution in [0.3, 0.4) is 0 Å². The molecule has 0 aliphatic carbocycles.